The van der Waals surface area contributed by atoms with Gasteiger partial charge in [0.25, 0.3) is 5.56 Å². The number of phenols is 1. The number of carbonyl (C=O) groups excluding carboxylic acids is 1. The third-order valence-corrected chi connectivity index (χ3v) is 3.60. The number of nitrogens with zero attached hydrogens (tertiary/aromatic N) is 1. The van der Waals surface area contributed by atoms with Crippen molar-refractivity contribution < 1.29 is 9.90 Å². The summed E-state index contributed by atoms with van der Waals surface area (Å²) in [5, 5.41) is 19.1. The van der Waals surface area contributed by atoms with E-state index in [1.807, 2.05) is 0 Å². The van der Waals surface area contributed by atoms with Gasteiger partial charge >= 0.3 is 0 Å². The molecule has 1 amide bonds. The van der Waals surface area contributed by atoms with Gasteiger partial charge < -0.3 is 10.2 Å². The van der Waals surface area contributed by atoms with Crippen molar-refractivity contribution in [2.24, 2.45) is 5.10 Å². The smallest absolute Gasteiger partial charge is 0.267 e. The van der Waals surface area contributed by atoms with Crippen LogP contribution in [0.2, 0.25) is 0 Å². The van der Waals surface area contributed by atoms with Gasteiger partial charge in [-0.1, -0.05) is 18.2 Å². The Bertz CT molecular complexity index is 817. The summed E-state index contributed by atoms with van der Waals surface area (Å²) in [6.45, 7) is 5.40. The largest absolute Gasteiger partial charge is 0.507 e. The molecule has 24 heavy (non-hydrogen) atoms. The van der Waals surface area contributed by atoms with Gasteiger partial charge in [0.1, 0.15) is 5.75 Å². The number of hydrazone groups is 1. The van der Waals surface area contributed by atoms with E-state index in [0.717, 1.165) is 11.3 Å². The van der Waals surface area contributed by atoms with E-state index >= 15 is 0 Å². The Balaban J connectivity index is 1.92. The van der Waals surface area contributed by atoms with E-state index in [-0.39, 0.29) is 23.6 Å². The van der Waals surface area contributed by atoms with E-state index in [2.05, 4.69) is 27.3 Å². The number of aromatic hydroxyl groups is 1. The molecule has 4 N–H and O–H groups in total. The minimum absolute atomic E-state index is 0.116. The number of hydrogen-bond donors (Lipinski definition) is 4. The van der Waals surface area contributed by atoms with Crippen LogP contribution in [0.15, 0.2) is 40.8 Å². The molecule has 0 saturated carbocycles. The summed E-state index contributed by atoms with van der Waals surface area (Å²) in [4.78, 5) is 23.3. The van der Waals surface area contributed by atoms with Crippen LogP contribution in [-0.4, -0.2) is 27.4 Å². The third kappa shape index (κ3) is 4.22. The summed E-state index contributed by atoms with van der Waals surface area (Å²) in [6.07, 6.45) is 4.09. The van der Waals surface area contributed by atoms with Crippen molar-refractivity contribution in [3.63, 3.8) is 0 Å². The summed E-state index contributed by atoms with van der Waals surface area (Å²) >= 11 is 0. The van der Waals surface area contributed by atoms with Gasteiger partial charge in [-0.3, -0.25) is 14.7 Å². The molecule has 0 radical (unpaired) electrons. The number of para-hydroxylation sites is 1. The van der Waals surface area contributed by atoms with Crippen molar-refractivity contribution in [3.8, 4) is 5.75 Å². The van der Waals surface area contributed by atoms with Gasteiger partial charge in [0, 0.05) is 23.2 Å². The second-order valence-electron chi connectivity index (χ2n) is 5.32. The molecule has 0 atom stereocenters. The summed E-state index contributed by atoms with van der Waals surface area (Å²) in [5.74, 6) is -0.196. The number of allylic oxidation sites excluding steroid dienone is 1. The molecule has 1 aromatic heterocycles. The van der Waals surface area contributed by atoms with Crippen LogP contribution >= 0.6 is 0 Å². The molecule has 7 nitrogen and oxygen atoms in total. The molecular formula is C17H20N4O3. The highest BCUT2D eigenvalue weighted by Crippen LogP contribution is 2.21. The maximum Gasteiger partial charge on any atom is 0.267 e. The predicted molar refractivity (Wildman–Crippen MR) is 92.2 cm³/mol. The fourth-order valence-corrected chi connectivity index (χ4v) is 2.28. The van der Waals surface area contributed by atoms with Gasteiger partial charge in [-0.15, -0.1) is 6.58 Å². The molecule has 0 spiro atoms. The first-order valence-electron chi connectivity index (χ1n) is 7.52. The number of benzene rings is 1. The Labute approximate surface area is 139 Å². The highest BCUT2D eigenvalue weighted by Gasteiger charge is 2.09. The van der Waals surface area contributed by atoms with Crippen LogP contribution in [0, 0.1) is 6.92 Å². The molecule has 2 aromatic rings. The fourth-order valence-electron chi connectivity index (χ4n) is 2.28. The van der Waals surface area contributed by atoms with Crippen LogP contribution in [0.4, 0.5) is 0 Å². The van der Waals surface area contributed by atoms with Gasteiger partial charge in [-0.2, -0.15) is 5.10 Å². The van der Waals surface area contributed by atoms with E-state index in [0.29, 0.717) is 24.0 Å². The molecule has 2 rings (SSSR count). The fraction of sp³-hybridized carbons (Fsp3) is 0.235. The lowest BCUT2D eigenvalue weighted by molar-refractivity contribution is -0.121. The molecule has 0 unspecified atom stereocenters. The Morgan fingerprint density at radius 3 is 2.88 bits per heavy atom. The molecule has 0 aliphatic rings. The van der Waals surface area contributed by atoms with E-state index < -0.39 is 0 Å². The third-order valence-electron chi connectivity index (χ3n) is 3.60. The van der Waals surface area contributed by atoms with Crippen LogP contribution in [0.5, 0.6) is 5.75 Å². The normalized spacial score (nSPS) is 10.9. The number of carbonyl (C=O) groups is 1. The predicted octanol–water partition coefficient (Wildman–Crippen LogP) is 1.53. The summed E-state index contributed by atoms with van der Waals surface area (Å²) in [6, 6.07) is 5.28. The van der Waals surface area contributed by atoms with Crippen molar-refractivity contribution in [3.05, 3.63) is 63.6 Å². The van der Waals surface area contributed by atoms with E-state index in [9.17, 15) is 14.7 Å². The zero-order chi connectivity index (χ0) is 17.5. The lowest BCUT2D eigenvalue weighted by atomic mass is 10.1. The van der Waals surface area contributed by atoms with E-state index in [1.165, 1.54) is 6.21 Å². The quantitative estimate of drug-likeness (QED) is 0.351. The monoisotopic (exact) mass is 328 g/mol. The highest BCUT2D eigenvalue weighted by atomic mass is 16.3. The second kappa shape index (κ2) is 7.96. The minimum atomic E-state index is -0.312. The van der Waals surface area contributed by atoms with Crippen LogP contribution in [0.25, 0.3) is 0 Å². The van der Waals surface area contributed by atoms with Crippen LogP contribution < -0.4 is 11.0 Å². The summed E-state index contributed by atoms with van der Waals surface area (Å²) in [7, 11) is 0. The van der Waals surface area contributed by atoms with E-state index in [4.69, 9.17) is 0 Å². The number of phenolic OH excluding ortho intramolecular Hbond substituents is 1. The van der Waals surface area contributed by atoms with Crippen molar-refractivity contribution in [2.75, 3.05) is 0 Å². The maximum atomic E-state index is 11.8. The number of rotatable bonds is 7. The molecule has 1 aromatic carbocycles. The molecular weight excluding hydrogens is 308 g/mol. The van der Waals surface area contributed by atoms with Gasteiger partial charge in [0.05, 0.1) is 6.21 Å². The number of aryl methyl sites for hydroxylation is 1. The first kappa shape index (κ1) is 17.3. The Kier molecular flexibility index (Phi) is 5.73. The zero-order valence-corrected chi connectivity index (χ0v) is 13.4. The van der Waals surface area contributed by atoms with Gasteiger partial charge in [-0.05, 0) is 31.4 Å². The lowest BCUT2D eigenvalue weighted by Gasteiger charge is -2.04. The number of aromatic amines is 2. The average molecular weight is 328 g/mol. The first-order chi connectivity index (χ1) is 11.5. The SMILES string of the molecule is C=CCc1cccc(/C=N\NC(=O)CCc2c(C)[nH][nH]c2=O)c1O. The van der Waals surface area contributed by atoms with Gasteiger partial charge in [0.15, 0.2) is 0 Å². The topological polar surface area (TPSA) is 110 Å². The zero-order valence-electron chi connectivity index (χ0n) is 13.4. The van der Waals surface area contributed by atoms with Gasteiger partial charge in [0.2, 0.25) is 5.91 Å². The Morgan fingerprint density at radius 1 is 1.42 bits per heavy atom. The van der Waals surface area contributed by atoms with E-state index in [1.54, 1.807) is 31.2 Å². The molecule has 0 fully saturated rings. The lowest BCUT2D eigenvalue weighted by Crippen LogP contribution is -2.19. The molecule has 7 heteroatoms. The van der Waals surface area contributed by atoms with Crippen molar-refractivity contribution in [1.29, 1.82) is 0 Å². The van der Waals surface area contributed by atoms with Crippen molar-refractivity contribution in [2.45, 2.75) is 26.2 Å². The number of nitrogens with one attached hydrogen (secondary N) is 3. The number of H-pyrrole nitrogens is 2. The van der Waals surface area contributed by atoms with Crippen molar-refractivity contribution >= 4 is 12.1 Å². The standard InChI is InChI=1S/C17H20N4O3/c1-3-5-12-6-4-7-13(16(12)23)10-18-20-15(22)9-8-14-11(2)19-21-17(14)24/h3-4,6-7,10,23H,1,5,8-9H2,2H3,(H,20,22)(H2,19,21,24)/b18-10-. The Hall–Kier alpha value is -3.09. The minimum Gasteiger partial charge on any atom is -0.507 e. The number of amides is 1. The summed E-state index contributed by atoms with van der Waals surface area (Å²) in [5.41, 5.74) is 4.70. The van der Waals surface area contributed by atoms with Crippen LogP contribution in [0.3, 0.4) is 0 Å². The molecule has 126 valence electrons. The molecule has 0 aliphatic heterocycles. The molecule has 0 saturated heterocycles. The number of aromatic nitrogens is 2. The maximum absolute atomic E-state index is 11.8. The molecule has 0 bridgehead atoms. The Morgan fingerprint density at radius 2 is 2.21 bits per heavy atom. The summed E-state index contributed by atoms with van der Waals surface area (Å²) < 4.78 is 0. The molecule has 0 aliphatic carbocycles. The van der Waals surface area contributed by atoms with Crippen LogP contribution in [-0.2, 0) is 17.6 Å². The molecule has 1 heterocycles. The average Bonchev–Trinajstić information content (AvgIpc) is 2.87. The van der Waals surface area contributed by atoms with Gasteiger partial charge in [-0.25, -0.2) is 5.43 Å². The van der Waals surface area contributed by atoms with Crippen LogP contribution in [0.1, 0.15) is 28.8 Å². The first-order valence-corrected chi connectivity index (χ1v) is 7.52. The number of hydrogen-bond acceptors (Lipinski definition) is 4. The second-order valence-corrected chi connectivity index (χ2v) is 5.32. The van der Waals surface area contributed by atoms with Crippen molar-refractivity contribution in [1.82, 2.24) is 15.6 Å². The highest BCUT2D eigenvalue weighted by molar-refractivity contribution is 5.85.